The quantitative estimate of drug-likeness (QED) is 0.808. The van der Waals surface area contributed by atoms with Gasteiger partial charge in [0.1, 0.15) is 0 Å². The van der Waals surface area contributed by atoms with Gasteiger partial charge in [0, 0.05) is 12.5 Å². The number of rotatable bonds is 3. The lowest BCUT2D eigenvalue weighted by molar-refractivity contribution is 0.385. The molecule has 2 unspecified atom stereocenters. The Morgan fingerprint density at radius 1 is 1.50 bits per heavy atom. The van der Waals surface area contributed by atoms with E-state index in [0.29, 0.717) is 24.1 Å². The van der Waals surface area contributed by atoms with Crippen LogP contribution < -0.4 is 15.8 Å². The third-order valence-corrected chi connectivity index (χ3v) is 3.25. The average molecular weight is 224 g/mol. The zero-order valence-electron chi connectivity index (χ0n) is 9.37. The molecule has 1 fully saturated rings. The minimum absolute atomic E-state index is 0.291. The molecule has 1 aromatic rings. The number of ether oxygens (including phenoxy) is 1. The summed E-state index contributed by atoms with van der Waals surface area (Å²) in [6, 6.07) is 5.15. The van der Waals surface area contributed by atoms with Crippen molar-refractivity contribution in [1.29, 1.82) is 0 Å². The first-order chi connectivity index (χ1) is 7.76. The van der Waals surface area contributed by atoms with Crippen LogP contribution in [0, 0.1) is 11.7 Å². The van der Waals surface area contributed by atoms with E-state index < -0.39 is 0 Å². The van der Waals surface area contributed by atoms with Crippen LogP contribution in [-0.4, -0.2) is 26.7 Å². The minimum Gasteiger partial charge on any atom is -0.494 e. The van der Waals surface area contributed by atoms with E-state index in [2.05, 4.69) is 5.32 Å². The van der Waals surface area contributed by atoms with Crippen molar-refractivity contribution in [3.8, 4) is 5.75 Å². The van der Waals surface area contributed by atoms with Crippen LogP contribution in [0.15, 0.2) is 18.2 Å². The van der Waals surface area contributed by atoms with Crippen LogP contribution in [0.2, 0.25) is 0 Å². The van der Waals surface area contributed by atoms with Gasteiger partial charge in [0.15, 0.2) is 11.6 Å². The summed E-state index contributed by atoms with van der Waals surface area (Å²) in [7, 11) is 1.47. The first-order valence-corrected chi connectivity index (χ1v) is 5.50. The molecule has 0 spiro atoms. The molecule has 0 radical (unpaired) electrons. The summed E-state index contributed by atoms with van der Waals surface area (Å²) in [5, 5.41) is 3.29. The fourth-order valence-corrected chi connectivity index (χ4v) is 2.28. The van der Waals surface area contributed by atoms with Crippen molar-refractivity contribution in [2.45, 2.75) is 5.92 Å². The average Bonchev–Trinajstić information content (AvgIpc) is 2.77. The molecule has 0 aliphatic carbocycles. The number of hydrogen-bond donors (Lipinski definition) is 2. The molecule has 4 heteroatoms. The predicted molar refractivity (Wildman–Crippen MR) is 61.1 cm³/mol. The highest BCUT2D eigenvalue weighted by Crippen LogP contribution is 2.30. The number of nitrogens with two attached hydrogens (primary N) is 1. The van der Waals surface area contributed by atoms with Crippen LogP contribution in [0.4, 0.5) is 4.39 Å². The summed E-state index contributed by atoms with van der Waals surface area (Å²) in [5.41, 5.74) is 6.70. The van der Waals surface area contributed by atoms with Crippen LogP contribution in [0.3, 0.4) is 0 Å². The first kappa shape index (κ1) is 11.4. The number of nitrogens with one attached hydrogen (secondary N) is 1. The van der Waals surface area contributed by atoms with Gasteiger partial charge in [-0.1, -0.05) is 6.07 Å². The normalized spacial score (nSPS) is 24.7. The van der Waals surface area contributed by atoms with Crippen molar-refractivity contribution in [2.24, 2.45) is 11.7 Å². The fourth-order valence-electron chi connectivity index (χ4n) is 2.28. The molecular formula is C12H17FN2O. The van der Waals surface area contributed by atoms with Gasteiger partial charge in [-0.25, -0.2) is 4.39 Å². The van der Waals surface area contributed by atoms with Crippen molar-refractivity contribution < 1.29 is 9.13 Å². The maximum atomic E-state index is 13.6. The summed E-state index contributed by atoms with van der Waals surface area (Å²) in [5.74, 6) is 0.694. The predicted octanol–water partition coefficient (Wildman–Crippen LogP) is 1.10. The van der Waals surface area contributed by atoms with Crippen molar-refractivity contribution in [3.63, 3.8) is 0 Å². The molecule has 0 amide bonds. The summed E-state index contributed by atoms with van der Waals surface area (Å²) in [6.07, 6.45) is 0. The van der Waals surface area contributed by atoms with Gasteiger partial charge in [-0.3, -0.25) is 0 Å². The Balaban J connectivity index is 2.23. The summed E-state index contributed by atoms with van der Waals surface area (Å²) < 4.78 is 18.5. The molecule has 1 heterocycles. The summed E-state index contributed by atoms with van der Waals surface area (Å²) >= 11 is 0. The Morgan fingerprint density at radius 3 is 2.94 bits per heavy atom. The van der Waals surface area contributed by atoms with Gasteiger partial charge in [-0.15, -0.1) is 0 Å². The van der Waals surface area contributed by atoms with Crippen molar-refractivity contribution in [3.05, 3.63) is 29.6 Å². The lowest BCUT2D eigenvalue weighted by Gasteiger charge is -2.17. The molecule has 1 saturated heterocycles. The molecule has 2 atom stereocenters. The number of methoxy groups -OCH3 is 1. The van der Waals surface area contributed by atoms with Gasteiger partial charge >= 0.3 is 0 Å². The highest BCUT2D eigenvalue weighted by molar-refractivity contribution is 5.32. The highest BCUT2D eigenvalue weighted by Gasteiger charge is 2.27. The Labute approximate surface area is 94.8 Å². The van der Waals surface area contributed by atoms with Crippen LogP contribution in [0.1, 0.15) is 11.5 Å². The highest BCUT2D eigenvalue weighted by atomic mass is 19.1. The molecule has 3 N–H and O–H groups in total. The van der Waals surface area contributed by atoms with Gasteiger partial charge in [0.25, 0.3) is 0 Å². The maximum Gasteiger partial charge on any atom is 0.165 e. The van der Waals surface area contributed by atoms with E-state index in [1.807, 2.05) is 6.07 Å². The third kappa shape index (κ3) is 2.03. The lowest BCUT2D eigenvalue weighted by Crippen LogP contribution is -2.21. The Morgan fingerprint density at radius 2 is 2.31 bits per heavy atom. The van der Waals surface area contributed by atoms with E-state index >= 15 is 0 Å². The smallest absolute Gasteiger partial charge is 0.165 e. The zero-order chi connectivity index (χ0) is 11.5. The Hall–Kier alpha value is -1.13. The van der Waals surface area contributed by atoms with Gasteiger partial charge in [-0.2, -0.15) is 0 Å². The van der Waals surface area contributed by atoms with Gasteiger partial charge in [0.05, 0.1) is 7.11 Å². The van der Waals surface area contributed by atoms with E-state index in [0.717, 1.165) is 18.7 Å². The molecule has 0 bridgehead atoms. The summed E-state index contributed by atoms with van der Waals surface area (Å²) in [4.78, 5) is 0. The summed E-state index contributed by atoms with van der Waals surface area (Å²) in [6.45, 7) is 2.41. The Bertz CT molecular complexity index is 370. The maximum absolute atomic E-state index is 13.6. The van der Waals surface area contributed by atoms with Crippen molar-refractivity contribution >= 4 is 0 Å². The molecule has 0 saturated carbocycles. The third-order valence-electron chi connectivity index (χ3n) is 3.25. The lowest BCUT2D eigenvalue weighted by atomic mass is 9.89. The van der Waals surface area contributed by atoms with Gasteiger partial charge < -0.3 is 15.8 Å². The van der Waals surface area contributed by atoms with Gasteiger partial charge in [0.2, 0.25) is 0 Å². The molecule has 88 valence electrons. The molecule has 1 aromatic carbocycles. The number of hydrogen-bond acceptors (Lipinski definition) is 3. The largest absolute Gasteiger partial charge is 0.494 e. The fraction of sp³-hybridized carbons (Fsp3) is 0.500. The Kier molecular flexibility index (Phi) is 3.41. The molecule has 2 rings (SSSR count). The minimum atomic E-state index is -0.303. The molecule has 1 aliphatic heterocycles. The molecule has 1 aliphatic rings. The SMILES string of the molecule is COc1ccc(C2CNCC2CN)cc1F. The number of halogens is 1. The molecule has 3 nitrogen and oxygen atoms in total. The standard InChI is InChI=1S/C12H17FN2O/c1-16-12-3-2-8(4-11(12)13)10-7-15-6-9(10)5-14/h2-4,9-10,15H,5-7,14H2,1H3. The van der Waals surface area contributed by atoms with E-state index in [1.54, 1.807) is 12.1 Å². The molecular weight excluding hydrogens is 207 g/mol. The van der Waals surface area contributed by atoms with Crippen molar-refractivity contribution in [2.75, 3.05) is 26.7 Å². The van der Waals surface area contributed by atoms with Gasteiger partial charge in [-0.05, 0) is 36.7 Å². The second-order valence-corrected chi connectivity index (χ2v) is 4.15. The number of benzene rings is 1. The first-order valence-electron chi connectivity index (χ1n) is 5.50. The second-order valence-electron chi connectivity index (χ2n) is 4.15. The van der Waals surface area contributed by atoms with Crippen LogP contribution in [-0.2, 0) is 0 Å². The monoisotopic (exact) mass is 224 g/mol. The zero-order valence-corrected chi connectivity index (χ0v) is 9.37. The van der Waals surface area contributed by atoms with Crippen molar-refractivity contribution in [1.82, 2.24) is 5.32 Å². The second kappa shape index (κ2) is 4.80. The van der Waals surface area contributed by atoms with Crippen LogP contribution in [0.5, 0.6) is 5.75 Å². The topological polar surface area (TPSA) is 47.3 Å². The van der Waals surface area contributed by atoms with E-state index in [-0.39, 0.29) is 5.82 Å². The van der Waals surface area contributed by atoms with E-state index in [4.69, 9.17) is 10.5 Å². The van der Waals surface area contributed by atoms with Crippen LogP contribution in [0.25, 0.3) is 0 Å². The van der Waals surface area contributed by atoms with E-state index in [9.17, 15) is 4.39 Å². The van der Waals surface area contributed by atoms with E-state index in [1.165, 1.54) is 7.11 Å². The van der Waals surface area contributed by atoms with Crippen LogP contribution >= 0.6 is 0 Å². The molecule has 0 aromatic heterocycles. The molecule has 16 heavy (non-hydrogen) atoms.